The number of rotatable bonds is 4. The molecule has 3 N–H and O–H groups in total. The lowest BCUT2D eigenvalue weighted by Gasteiger charge is -2.05. The van der Waals surface area contributed by atoms with E-state index in [9.17, 15) is 4.79 Å². The van der Waals surface area contributed by atoms with Crippen molar-refractivity contribution < 1.29 is 0 Å². The van der Waals surface area contributed by atoms with Gasteiger partial charge in [0.25, 0.3) is 5.56 Å². The van der Waals surface area contributed by atoms with E-state index in [2.05, 4.69) is 26.2 Å². The van der Waals surface area contributed by atoms with Gasteiger partial charge < -0.3 is 15.6 Å². The molecule has 0 bridgehead atoms. The zero-order valence-corrected chi connectivity index (χ0v) is 12.6. The summed E-state index contributed by atoms with van der Waals surface area (Å²) in [6.07, 6.45) is 5.85. The Bertz CT molecular complexity index is 599. The predicted molar refractivity (Wildman–Crippen MR) is 80.5 cm³/mol. The minimum Gasteiger partial charge on any atom is -0.391 e. The average molecular weight is 325 g/mol. The molecule has 6 heteroatoms. The van der Waals surface area contributed by atoms with Crippen LogP contribution in [0.5, 0.6) is 0 Å². The second-order valence-corrected chi connectivity index (χ2v) is 5.54. The van der Waals surface area contributed by atoms with Gasteiger partial charge >= 0.3 is 0 Å². The van der Waals surface area contributed by atoms with Crippen LogP contribution >= 0.6 is 15.9 Å². The lowest BCUT2D eigenvalue weighted by Crippen LogP contribution is -2.18. The number of aryl methyl sites for hydroxylation is 1. The lowest BCUT2D eigenvalue weighted by molar-refractivity contribution is 0.848. The Morgan fingerprint density at radius 2 is 2.32 bits per heavy atom. The van der Waals surface area contributed by atoms with Crippen LogP contribution in [-0.2, 0) is 7.05 Å². The highest BCUT2D eigenvalue weighted by Gasteiger charge is 2.25. The van der Waals surface area contributed by atoms with E-state index in [1.165, 1.54) is 17.4 Å². The van der Waals surface area contributed by atoms with Crippen molar-refractivity contribution in [2.24, 2.45) is 23.7 Å². The van der Waals surface area contributed by atoms with Crippen molar-refractivity contribution in [2.75, 3.05) is 7.05 Å². The molecule has 0 atom stereocenters. The zero-order valence-electron chi connectivity index (χ0n) is 11.0. The van der Waals surface area contributed by atoms with Gasteiger partial charge in [0, 0.05) is 30.5 Å². The number of aliphatic imine (C=N–C) groups is 1. The van der Waals surface area contributed by atoms with Crippen LogP contribution in [0.2, 0.25) is 0 Å². The molecule has 1 saturated carbocycles. The minimum absolute atomic E-state index is 0.169. The molecule has 19 heavy (non-hydrogen) atoms. The molecule has 1 heterocycles. The van der Waals surface area contributed by atoms with Gasteiger partial charge in [0.15, 0.2) is 0 Å². The van der Waals surface area contributed by atoms with Crippen LogP contribution in [-0.4, -0.2) is 17.5 Å². The van der Waals surface area contributed by atoms with Crippen molar-refractivity contribution >= 4 is 27.5 Å². The fourth-order valence-electron chi connectivity index (χ4n) is 1.85. The summed E-state index contributed by atoms with van der Waals surface area (Å²) in [7, 11) is 3.55. The second kappa shape index (κ2) is 5.61. The summed E-state index contributed by atoms with van der Waals surface area (Å²) in [4.78, 5) is 16.1. The number of pyridine rings is 1. The Labute approximate surface area is 120 Å². The molecule has 0 saturated heterocycles. The van der Waals surface area contributed by atoms with E-state index in [1.54, 1.807) is 25.4 Å². The molecule has 1 aliphatic rings. The molecule has 102 valence electrons. The Balaban J connectivity index is 2.32. The van der Waals surface area contributed by atoms with E-state index < -0.39 is 0 Å². The number of hydrogen-bond donors (Lipinski definition) is 2. The third kappa shape index (κ3) is 3.47. The molecule has 0 spiro atoms. The fraction of sp³-hybridized carbons (Fsp3) is 0.385. The molecule has 0 aliphatic heterocycles. The molecule has 0 radical (unpaired) electrons. The van der Waals surface area contributed by atoms with E-state index in [4.69, 9.17) is 5.73 Å². The topological polar surface area (TPSA) is 72.4 Å². The Kier molecular flexibility index (Phi) is 4.09. The van der Waals surface area contributed by atoms with Crippen molar-refractivity contribution in [3.8, 4) is 0 Å². The zero-order chi connectivity index (χ0) is 14.0. The van der Waals surface area contributed by atoms with Crippen LogP contribution < -0.4 is 16.6 Å². The van der Waals surface area contributed by atoms with E-state index in [0.29, 0.717) is 17.4 Å². The van der Waals surface area contributed by atoms with Gasteiger partial charge in [-0.1, -0.05) is 0 Å². The van der Waals surface area contributed by atoms with E-state index in [0.717, 1.165) is 10.2 Å². The first-order valence-electron chi connectivity index (χ1n) is 6.11. The first-order chi connectivity index (χ1) is 9.01. The number of allylic oxidation sites excluding steroid dienone is 1. The summed E-state index contributed by atoms with van der Waals surface area (Å²) >= 11 is 3.34. The number of amidine groups is 1. The number of nitrogens with zero attached hydrogens (tertiary/aromatic N) is 2. The van der Waals surface area contributed by atoms with Crippen molar-refractivity contribution in [1.82, 2.24) is 9.88 Å². The van der Waals surface area contributed by atoms with Crippen LogP contribution in [0, 0.1) is 5.92 Å². The second-order valence-electron chi connectivity index (χ2n) is 4.62. The minimum atomic E-state index is -0.169. The molecule has 0 aromatic carbocycles. The Morgan fingerprint density at radius 3 is 2.89 bits per heavy atom. The number of nitrogens with one attached hydrogen (secondary N) is 1. The molecule has 1 fully saturated rings. The third-order valence-corrected chi connectivity index (χ3v) is 3.42. The molecule has 2 rings (SSSR count). The largest absolute Gasteiger partial charge is 0.391 e. The Hall–Kier alpha value is -1.56. The van der Waals surface area contributed by atoms with E-state index in [-0.39, 0.29) is 5.56 Å². The lowest BCUT2D eigenvalue weighted by atomic mass is 10.2. The highest BCUT2D eigenvalue weighted by molar-refractivity contribution is 9.10. The van der Waals surface area contributed by atoms with Gasteiger partial charge in [-0.15, -0.1) is 0 Å². The maximum absolute atomic E-state index is 11.9. The SMILES string of the molecule is CN/C(=C\C(N)=Nc1cc(Br)cn(C)c1=O)C1CC1. The summed E-state index contributed by atoms with van der Waals surface area (Å²) in [5.41, 5.74) is 7.12. The van der Waals surface area contributed by atoms with Crippen molar-refractivity contribution in [3.05, 3.63) is 38.9 Å². The molecular formula is C13H17BrN4O. The summed E-state index contributed by atoms with van der Waals surface area (Å²) < 4.78 is 2.26. The van der Waals surface area contributed by atoms with E-state index >= 15 is 0 Å². The van der Waals surface area contributed by atoms with Gasteiger partial charge in [0.2, 0.25) is 0 Å². The van der Waals surface area contributed by atoms with Crippen molar-refractivity contribution in [2.45, 2.75) is 12.8 Å². The standard InChI is InChI=1S/C13H17BrN4O/c1-16-10(8-3-4-8)6-12(15)17-11-5-9(14)7-18(2)13(11)19/h5-8,16H,3-4H2,1-2H3,(H2,15,17)/b10-6-. The molecule has 5 nitrogen and oxygen atoms in total. The van der Waals surface area contributed by atoms with E-state index in [1.807, 2.05) is 7.05 Å². The van der Waals surface area contributed by atoms with Gasteiger partial charge in [-0.2, -0.15) is 0 Å². The maximum Gasteiger partial charge on any atom is 0.276 e. The molecule has 1 aromatic rings. The smallest absolute Gasteiger partial charge is 0.276 e. The Morgan fingerprint density at radius 1 is 1.63 bits per heavy atom. The summed E-state index contributed by atoms with van der Waals surface area (Å²) in [5.74, 6) is 0.899. The first kappa shape index (κ1) is 13.9. The first-order valence-corrected chi connectivity index (χ1v) is 6.90. The van der Waals surface area contributed by atoms with Crippen LogP contribution in [0.15, 0.2) is 38.3 Å². The molecule has 1 aromatic heterocycles. The van der Waals surface area contributed by atoms with Crippen LogP contribution in [0.4, 0.5) is 5.69 Å². The molecule has 1 aliphatic carbocycles. The monoisotopic (exact) mass is 324 g/mol. The average Bonchev–Trinajstić information content (AvgIpc) is 3.16. The normalized spacial score (nSPS) is 16.6. The highest BCUT2D eigenvalue weighted by atomic mass is 79.9. The van der Waals surface area contributed by atoms with Crippen molar-refractivity contribution in [1.29, 1.82) is 0 Å². The van der Waals surface area contributed by atoms with Gasteiger partial charge in [-0.3, -0.25) is 4.79 Å². The van der Waals surface area contributed by atoms with Gasteiger partial charge in [0.1, 0.15) is 11.5 Å². The predicted octanol–water partition coefficient (Wildman–Crippen LogP) is 1.65. The van der Waals surface area contributed by atoms with Gasteiger partial charge in [0.05, 0.1) is 0 Å². The van der Waals surface area contributed by atoms with Crippen LogP contribution in [0.1, 0.15) is 12.8 Å². The number of nitrogens with two attached hydrogens (primary N) is 1. The summed E-state index contributed by atoms with van der Waals surface area (Å²) in [6.45, 7) is 0. The third-order valence-electron chi connectivity index (χ3n) is 2.99. The van der Waals surface area contributed by atoms with Crippen LogP contribution in [0.3, 0.4) is 0 Å². The summed E-state index contributed by atoms with van der Waals surface area (Å²) in [6, 6.07) is 1.67. The number of hydrogen-bond acceptors (Lipinski definition) is 3. The summed E-state index contributed by atoms with van der Waals surface area (Å²) in [5, 5.41) is 3.13. The quantitative estimate of drug-likeness (QED) is 0.653. The highest BCUT2D eigenvalue weighted by Crippen LogP contribution is 2.34. The fourth-order valence-corrected chi connectivity index (χ4v) is 2.38. The molecule has 0 amide bonds. The number of aromatic nitrogens is 1. The van der Waals surface area contributed by atoms with Crippen molar-refractivity contribution in [3.63, 3.8) is 0 Å². The molecule has 0 unspecified atom stereocenters. The number of halogens is 1. The maximum atomic E-state index is 11.9. The van der Waals surface area contributed by atoms with Crippen LogP contribution in [0.25, 0.3) is 0 Å². The molecular weight excluding hydrogens is 308 g/mol. The van der Waals surface area contributed by atoms with Gasteiger partial charge in [-0.05, 0) is 46.8 Å². The van der Waals surface area contributed by atoms with Gasteiger partial charge in [-0.25, -0.2) is 4.99 Å².